The molecule has 1 rings (SSSR count). The first kappa shape index (κ1) is 14.1. The summed E-state index contributed by atoms with van der Waals surface area (Å²) < 4.78 is 38.7. The van der Waals surface area contributed by atoms with Crippen LogP contribution in [0.5, 0.6) is 0 Å². The van der Waals surface area contributed by atoms with Gasteiger partial charge in [0.1, 0.15) is 5.82 Å². The van der Waals surface area contributed by atoms with Crippen molar-refractivity contribution in [3.8, 4) is 0 Å². The quantitative estimate of drug-likeness (QED) is 0.837. The molecule has 0 aliphatic heterocycles. The molecule has 0 saturated heterocycles. The summed E-state index contributed by atoms with van der Waals surface area (Å²) >= 11 is 0. The Morgan fingerprint density at radius 2 is 2.00 bits per heavy atom. The maximum absolute atomic E-state index is 13.1. The van der Waals surface area contributed by atoms with Gasteiger partial charge in [-0.15, -0.1) is 0 Å². The van der Waals surface area contributed by atoms with Crippen LogP contribution in [-0.4, -0.2) is 21.5 Å². The minimum Gasteiger partial charge on any atom is -0.310 e. The maximum Gasteiger partial charge on any atom is 0.240 e. The molecule has 0 unspecified atom stereocenters. The molecule has 2 N–H and O–H groups in total. The fourth-order valence-corrected chi connectivity index (χ4v) is 2.32. The van der Waals surface area contributed by atoms with Gasteiger partial charge in [-0.05, 0) is 24.7 Å². The molecule has 96 valence electrons. The average molecular weight is 260 g/mol. The van der Waals surface area contributed by atoms with Crippen molar-refractivity contribution in [1.82, 2.24) is 10.0 Å². The Labute approximate surface area is 101 Å². The monoisotopic (exact) mass is 260 g/mol. The molecule has 17 heavy (non-hydrogen) atoms. The highest BCUT2D eigenvalue weighted by molar-refractivity contribution is 7.89. The molecule has 0 aromatic heterocycles. The highest BCUT2D eigenvalue weighted by Gasteiger charge is 2.17. The fourth-order valence-electron chi connectivity index (χ4n) is 1.35. The molecule has 6 heteroatoms. The van der Waals surface area contributed by atoms with Gasteiger partial charge in [0, 0.05) is 12.6 Å². The van der Waals surface area contributed by atoms with E-state index in [1.54, 1.807) is 0 Å². The van der Waals surface area contributed by atoms with Gasteiger partial charge in [0.2, 0.25) is 10.0 Å². The van der Waals surface area contributed by atoms with Crippen LogP contribution >= 0.6 is 0 Å². The van der Waals surface area contributed by atoms with E-state index in [1.807, 2.05) is 13.8 Å². The molecule has 1 aromatic rings. The van der Waals surface area contributed by atoms with Gasteiger partial charge in [-0.2, -0.15) is 0 Å². The summed E-state index contributed by atoms with van der Waals surface area (Å²) in [6.07, 6.45) is 0. The number of hydrogen-bond donors (Lipinski definition) is 2. The first-order chi connectivity index (χ1) is 7.86. The van der Waals surface area contributed by atoms with Crippen molar-refractivity contribution < 1.29 is 12.8 Å². The van der Waals surface area contributed by atoms with E-state index in [-0.39, 0.29) is 10.9 Å². The molecule has 0 radical (unpaired) electrons. The zero-order valence-corrected chi connectivity index (χ0v) is 10.9. The number of sulfonamides is 1. The van der Waals surface area contributed by atoms with E-state index >= 15 is 0 Å². The van der Waals surface area contributed by atoms with Crippen LogP contribution in [-0.2, 0) is 16.6 Å². The van der Waals surface area contributed by atoms with Gasteiger partial charge in [-0.3, -0.25) is 0 Å². The smallest absolute Gasteiger partial charge is 0.240 e. The summed E-state index contributed by atoms with van der Waals surface area (Å²) in [6, 6.07) is 4.00. The molecule has 4 nitrogen and oxygen atoms in total. The predicted octanol–water partition coefficient (Wildman–Crippen LogP) is 1.23. The fraction of sp³-hybridized carbons (Fsp3) is 0.455. The summed E-state index contributed by atoms with van der Waals surface area (Å²) in [6.45, 7) is 4.29. The van der Waals surface area contributed by atoms with Gasteiger partial charge < -0.3 is 5.32 Å². The van der Waals surface area contributed by atoms with E-state index in [4.69, 9.17) is 0 Å². The lowest BCUT2D eigenvalue weighted by molar-refractivity contribution is 0.565. The van der Waals surface area contributed by atoms with E-state index < -0.39 is 15.8 Å². The van der Waals surface area contributed by atoms with Crippen LogP contribution < -0.4 is 10.0 Å². The van der Waals surface area contributed by atoms with Gasteiger partial charge in [-0.1, -0.05) is 19.9 Å². The molecular weight excluding hydrogens is 243 g/mol. The molecular formula is C11H17FN2O2S. The van der Waals surface area contributed by atoms with Crippen molar-refractivity contribution in [2.24, 2.45) is 0 Å². The van der Waals surface area contributed by atoms with Crippen molar-refractivity contribution in [3.05, 3.63) is 29.6 Å². The molecule has 0 saturated carbocycles. The van der Waals surface area contributed by atoms with E-state index in [2.05, 4.69) is 10.0 Å². The van der Waals surface area contributed by atoms with Crippen LogP contribution in [0.3, 0.4) is 0 Å². The highest BCUT2D eigenvalue weighted by atomic mass is 32.2. The van der Waals surface area contributed by atoms with Crippen LogP contribution in [0.25, 0.3) is 0 Å². The van der Waals surface area contributed by atoms with Crippen LogP contribution in [0.2, 0.25) is 0 Å². The third-order valence-electron chi connectivity index (χ3n) is 2.29. The van der Waals surface area contributed by atoms with E-state index in [0.717, 1.165) is 6.07 Å². The third kappa shape index (κ3) is 3.76. The van der Waals surface area contributed by atoms with Crippen LogP contribution in [0.1, 0.15) is 19.4 Å². The zero-order chi connectivity index (χ0) is 13.1. The largest absolute Gasteiger partial charge is 0.310 e. The maximum atomic E-state index is 13.1. The van der Waals surface area contributed by atoms with E-state index in [0.29, 0.717) is 12.1 Å². The molecule has 0 fully saturated rings. The lowest BCUT2D eigenvalue weighted by atomic mass is 10.2. The average Bonchev–Trinajstić information content (AvgIpc) is 2.27. The van der Waals surface area contributed by atoms with Gasteiger partial charge in [0.25, 0.3) is 0 Å². The summed E-state index contributed by atoms with van der Waals surface area (Å²) in [5.41, 5.74) is 0.550. The zero-order valence-electron chi connectivity index (χ0n) is 10.1. The van der Waals surface area contributed by atoms with Crippen molar-refractivity contribution in [2.75, 3.05) is 7.05 Å². The van der Waals surface area contributed by atoms with E-state index in [1.165, 1.54) is 19.2 Å². The lowest BCUT2D eigenvalue weighted by Crippen LogP contribution is -2.25. The normalized spacial score (nSPS) is 12.1. The molecule has 0 bridgehead atoms. The van der Waals surface area contributed by atoms with Gasteiger partial charge in [-0.25, -0.2) is 17.5 Å². The first-order valence-electron chi connectivity index (χ1n) is 5.32. The lowest BCUT2D eigenvalue weighted by Gasteiger charge is -2.12. The number of rotatable bonds is 5. The summed E-state index contributed by atoms with van der Waals surface area (Å²) in [5.74, 6) is -0.563. The van der Waals surface area contributed by atoms with Gasteiger partial charge in [0.15, 0.2) is 0 Å². The predicted molar refractivity (Wildman–Crippen MR) is 64.6 cm³/mol. The van der Waals surface area contributed by atoms with Crippen molar-refractivity contribution in [1.29, 1.82) is 0 Å². The Bertz CT molecular complexity index is 486. The second-order valence-corrected chi connectivity index (χ2v) is 5.85. The Morgan fingerprint density at radius 3 is 2.53 bits per heavy atom. The number of benzene rings is 1. The Morgan fingerprint density at radius 1 is 1.35 bits per heavy atom. The van der Waals surface area contributed by atoms with Crippen molar-refractivity contribution >= 4 is 10.0 Å². The molecule has 0 amide bonds. The molecule has 0 heterocycles. The Balaban J connectivity index is 3.13. The van der Waals surface area contributed by atoms with Crippen LogP contribution in [0.4, 0.5) is 4.39 Å². The molecule has 1 aromatic carbocycles. The van der Waals surface area contributed by atoms with Crippen LogP contribution in [0.15, 0.2) is 23.1 Å². The Hall–Kier alpha value is -0.980. The highest BCUT2D eigenvalue weighted by Crippen LogP contribution is 2.17. The van der Waals surface area contributed by atoms with E-state index in [9.17, 15) is 12.8 Å². The molecule has 0 spiro atoms. The first-order valence-corrected chi connectivity index (χ1v) is 6.80. The topological polar surface area (TPSA) is 58.2 Å². The molecule has 0 aliphatic rings. The summed E-state index contributed by atoms with van der Waals surface area (Å²) in [7, 11) is -2.32. The minimum atomic E-state index is -3.63. The number of nitrogens with one attached hydrogen (secondary N) is 2. The summed E-state index contributed by atoms with van der Waals surface area (Å²) in [4.78, 5) is -0.0202. The second kappa shape index (κ2) is 5.57. The molecule has 0 atom stereocenters. The number of hydrogen-bond acceptors (Lipinski definition) is 3. The van der Waals surface area contributed by atoms with Gasteiger partial charge >= 0.3 is 0 Å². The third-order valence-corrected chi connectivity index (χ3v) is 3.78. The summed E-state index contributed by atoms with van der Waals surface area (Å²) in [5, 5.41) is 3.10. The SMILES string of the molecule is CNS(=O)(=O)c1cc(F)ccc1CNC(C)C. The molecule has 0 aliphatic carbocycles. The Kier molecular flexibility index (Phi) is 4.62. The van der Waals surface area contributed by atoms with Gasteiger partial charge in [0.05, 0.1) is 4.90 Å². The van der Waals surface area contributed by atoms with Crippen molar-refractivity contribution in [2.45, 2.75) is 31.3 Å². The standard InChI is InChI=1S/C11H17FN2O2S/c1-8(2)14-7-9-4-5-10(12)6-11(9)17(15,16)13-3/h4-6,8,13-14H,7H2,1-3H3. The second-order valence-electron chi connectivity index (χ2n) is 4.00. The van der Waals surface area contributed by atoms with Crippen LogP contribution in [0, 0.1) is 5.82 Å². The minimum absolute atomic E-state index is 0.0202. The number of halogens is 1. The van der Waals surface area contributed by atoms with Crippen molar-refractivity contribution in [3.63, 3.8) is 0 Å².